The van der Waals surface area contributed by atoms with Gasteiger partial charge in [0.05, 0.1) is 30.9 Å². The van der Waals surface area contributed by atoms with E-state index in [4.69, 9.17) is 4.74 Å². The van der Waals surface area contributed by atoms with E-state index < -0.39 is 18.3 Å². The summed E-state index contributed by atoms with van der Waals surface area (Å²) in [7, 11) is 0. The van der Waals surface area contributed by atoms with E-state index in [1.165, 1.54) is 22.3 Å². The number of nitriles is 1. The molecule has 1 saturated heterocycles. The fourth-order valence-corrected chi connectivity index (χ4v) is 5.48. The SMILES string of the molecule is N#Cc1c(NC(=O)/C=C/c2cccnc2)sc2c1CCC(COC(=O)N1CC[C@@H](O)[C@@H](O)C1)C2. The quantitative estimate of drug-likeness (QED) is 0.557. The minimum absolute atomic E-state index is 0.0591. The second kappa shape index (κ2) is 10.8. The van der Waals surface area contributed by atoms with E-state index in [0.29, 0.717) is 36.4 Å². The second-order valence-electron chi connectivity index (χ2n) is 8.48. The highest BCUT2D eigenvalue weighted by Crippen LogP contribution is 2.39. The van der Waals surface area contributed by atoms with Crippen LogP contribution in [0.15, 0.2) is 30.6 Å². The smallest absolute Gasteiger partial charge is 0.409 e. The number of nitrogens with one attached hydrogen (secondary N) is 1. The number of hydrogen-bond acceptors (Lipinski definition) is 8. The van der Waals surface area contributed by atoms with Crippen LogP contribution in [0.3, 0.4) is 0 Å². The van der Waals surface area contributed by atoms with Crippen molar-refractivity contribution >= 4 is 34.4 Å². The van der Waals surface area contributed by atoms with Crippen molar-refractivity contribution in [3.05, 3.63) is 52.2 Å². The van der Waals surface area contributed by atoms with Crippen LogP contribution in [0.5, 0.6) is 0 Å². The van der Waals surface area contributed by atoms with Gasteiger partial charge < -0.3 is 25.2 Å². The standard InChI is InChI=1S/C24H26N4O5S/c25-11-18-17-5-3-16(14-33-24(32)28-9-7-19(29)20(30)13-28)10-21(17)34-23(18)27-22(31)6-4-15-2-1-8-26-12-15/h1-2,4,6,8,12,16,19-20,29-30H,3,5,7,9-10,13-14H2,(H,27,31)/b6-4+/t16?,19-,20+/m1/s1. The van der Waals surface area contributed by atoms with Crippen molar-refractivity contribution in [1.29, 1.82) is 5.26 Å². The number of aliphatic hydroxyl groups excluding tert-OH is 2. The highest BCUT2D eigenvalue weighted by atomic mass is 32.1. The van der Waals surface area contributed by atoms with Gasteiger partial charge in [0, 0.05) is 29.9 Å². The molecular weight excluding hydrogens is 456 g/mol. The Labute approximate surface area is 201 Å². The summed E-state index contributed by atoms with van der Waals surface area (Å²) >= 11 is 1.39. The number of fused-ring (bicyclic) bond motifs is 1. The first-order valence-electron chi connectivity index (χ1n) is 11.2. The van der Waals surface area contributed by atoms with Gasteiger partial charge in [-0.1, -0.05) is 6.07 Å². The minimum atomic E-state index is -0.957. The van der Waals surface area contributed by atoms with Crippen LogP contribution in [0.25, 0.3) is 6.08 Å². The number of β-amino-alcohol motifs (C(OH)–C–C–N with tert-alkyl or cyclic N) is 1. The monoisotopic (exact) mass is 482 g/mol. The van der Waals surface area contributed by atoms with Gasteiger partial charge in [0.25, 0.3) is 0 Å². The Bertz CT molecular complexity index is 1110. The van der Waals surface area contributed by atoms with Gasteiger partial charge in [-0.05, 0) is 54.9 Å². The van der Waals surface area contributed by atoms with E-state index in [-0.39, 0.29) is 25.0 Å². The van der Waals surface area contributed by atoms with Gasteiger partial charge in [-0.2, -0.15) is 5.26 Å². The van der Waals surface area contributed by atoms with Crippen LogP contribution in [0.1, 0.15) is 34.4 Å². The zero-order chi connectivity index (χ0) is 24.1. The minimum Gasteiger partial charge on any atom is -0.449 e. The Kier molecular flexibility index (Phi) is 7.57. The molecule has 2 aliphatic rings. The summed E-state index contributed by atoms with van der Waals surface area (Å²) < 4.78 is 5.47. The lowest BCUT2D eigenvalue weighted by atomic mass is 9.88. The molecule has 3 N–H and O–H groups in total. The Balaban J connectivity index is 1.34. The summed E-state index contributed by atoms with van der Waals surface area (Å²) in [6, 6.07) is 5.85. The molecule has 0 saturated carbocycles. The number of aromatic nitrogens is 1. The van der Waals surface area contributed by atoms with Crippen LogP contribution in [-0.4, -0.2) is 64.0 Å². The third-order valence-electron chi connectivity index (χ3n) is 6.07. The summed E-state index contributed by atoms with van der Waals surface area (Å²) in [5.74, 6) is -0.214. The summed E-state index contributed by atoms with van der Waals surface area (Å²) in [6.07, 6.45) is 6.54. The lowest BCUT2D eigenvalue weighted by molar-refractivity contribution is -0.111. The van der Waals surface area contributed by atoms with E-state index in [0.717, 1.165) is 22.4 Å². The highest BCUT2D eigenvalue weighted by molar-refractivity contribution is 7.16. The summed E-state index contributed by atoms with van der Waals surface area (Å²) in [6.45, 7) is 0.646. The lowest BCUT2D eigenvalue weighted by Gasteiger charge is -2.33. The number of nitrogens with zero attached hydrogens (tertiary/aromatic N) is 3. The third-order valence-corrected chi connectivity index (χ3v) is 7.24. The predicted octanol–water partition coefficient (Wildman–Crippen LogP) is 2.34. The number of likely N-dealkylation sites (tertiary alicyclic amines) is 1. The number of piperidine rings is 1. The van der Waals surface area contributed by atoms with Crippen molar-refractivity contribution in [2.75, 3.05) is 25.0 Å². The average molecular weight is 483 g/mol. The molecule has 10 heteroatoms. The fraction of sp³-hybridized carbons (Fsp3) is 0.417. The number of aliphatic hydroxyl groups is 2. The molecule has 178 valence electrons. The number of rotatable bonds is 5. The molecular formula is C24H26N4O5S. The maximum atomic E-state index is 12.4. The maximum Gasteiger partial charge on any atom is 0.409 e. The van der Waals surface area contributed by atoms with E-state index in [9.17, 15) is 25.1 Å². The van der Waals surface area contributed by atoms with Crippen LogP contribution in [0, 0.1) is 17.2 Å². The van der Waals surface area contributed by atoms with Crippen molar-refractivity contribution < 1.29 is 24.5 Å². The second-order valence-corrected chi connectivity index (χ2v) is 9.59. The van der Waals surface area contributed by atoms with Crippen molar-refractivity contribution in [3.8, 4) is 6.07 Å². The molecule has 2 amide bonds. The van der Waals surface area contributed by atoms with Gasteiger partial charge in [-0.3, -0.25) is 9.78 Å². The third kappa shape index (κ3) is 5.62. The van der Waals surface area contributed by atoms with Gasteiger partial charge in [0.15, 0.2) is 0 Å². The molecule has 9 nitrogen and oxygen atoms in total. The molecule has 0 spiro atoms. The summed E-state index contributed by atoms with van der Waals surface area (Å²) in [5, 5.41) is 32.4. The van der Waals surface area contributed by atoms with Crippen LogP contribution in [-0.2, 0) is 22.4 Å². The number of pyridine rings is 1. The van der Waals surface area contributed by atoms with Crippen molar-refractivity contribution in [1.82, 2.24) is 9.88 Å². The maximum absolute atomic E-state index is 12.4. The number of thiophene rings is 1. The Morgan fingerprint density at radius 2 is 2.21 bits per heavy atom. The molecule has 1 unspecified atom stereocenters. The molecule has 3 atom stereocenters. The molecule has 0 radical (unpaired) electrons. The van der Waals surface area contributed by atoms with Crippen molar-refractivity contribution in [2.45, 2.75) is 37.9 Å². The van der Waals surface area contributed by atoms with E-state index in [2.05, 4.69) is 16.4 Å². The molecule has 1 aliphatic carbocycles. The Hall–Kier alpha value is -3.26. The van der Waals surface area contributed by atoms with Gasteiger partial charge >= 0.3 is 6.09 Å². The number of carbonyl (C=O) groups is 2. The highest BCUT2D eigenvalue weighted by Gasteiger charge is 2.31. The van der Waals surface area contributed by atoms with Crippen molar-refractivity contribution in [3.63, 3.8) is 0 Å². The number of carbonyl (C=O) groups excluding carboxylic acids is 2. The predicted molar refractivity (Wildman–Crippen MR) is 126 cm³/mol. The fourth-order valence-electron chi connectivity index (χ4n) is 4.17. The zero-order valence-electron chi connectivity index (χ0n) is 18.5. The van der Waals surface area contributed by atoms with Crippen LogP contribution in [0.4, 0.5) is 9.80 Å². The molecule has 3 heterocycles. The summed E-state index contributed by atoms with van der Waals surface area (Å²) in [5.41, 5.74) is 2.26. The zero-order valence-corrected chi connectivity index (χ0v) is 19.3. The first kappa shape index (κ1) is 23.9. The molecule has 0 bridgehead atoms. The number of anilines is 1. The van der Waals surface area contributed by atoms with Gasteiger partial charge in [0.1, 0.15) is 11.1 Å². The van der Waals surface area contributed by atoms with Crippen LogP contribution in [0.2, 0.25) is 0 Å². The van der Waals surface area contributed by atoms with Crippen LogP contribution < -0.4 is 5.32 Å². The number of amides is 2. The molecule has 1 fully saturated rings. The largest absolute Gasteiger partial charge is 0.449 e. The molecule has 2 aromatic rings. The topological polar surface area (TPSA) is 136 Å². The first-order valence-corrected chi connectivity index (χ1v) is 12.0. The average Bonchev–Trinajstić information content (AvgIpc) is 3.19. The Morgan fingerprint density at radius 1 is 1.35 bits per heavy atom. The van der Waals surface area contributed by atoms with Gasteiger partial charge in [-0.25, -0.2) is 4.79 Å². The van der Waals surface area contributed by atoms with E-state index in [1.54, 1.807) is 24.5 Å². The van der Waals surface area contributed by atoms with Gasteiger partial charge in [0.2, 0.25) is 5.91 Å². The number of hydrogen-bond donors (Lipinski definition) is 3. The molecule has 2 aromatic heterocycles. The Morgan fingerprint density at radius 3 is 2.94 bits per heavy atom. The molecule has 4 rings (SSSR count). The molecule has 0 aromatic carbocycles. The van der Waals surface area contributed by atoms with Gasteiger partial charge in [-0.15, -0.1) is 11.3 Å². The van der Waals surface area contributed by atoms with E-state index >= 15 is 0 Å². The number of ether oxygens (including phenoxy) is 1. The molecule has 34 heavy (non-hydrogen) atoms. The van der Waals surface area contributed by atoms with Crippen LogP contribution >= 0.6 is 11.3 Å². The molecule has 1 aliphatic heterocycles. The van der Waals surface area contributed by atoms with E-state index in [1.807, 2.05) is 6.07 Å². The lowest BCUT2D eigenvalue weighted by Crippen LogP contribution is -2.49. The van der Waals surface area contributed by atoms with Crippen molar-refractivity contribution in [2.24, 2.45) is 5.92 Å². The normalized spacial score (nSPS) is 22.1. The summed E-state index contributed by atoms with van der Waals surface area (Å²) in [4.78, 5) is 31.2. The first-order chi connectivity index (χ1) is 16.4.